The minimum atomic E-state index is 0.673. The lowest BCUT2D eigenvalue weighted by Gasteiger charge is -1.97. The zero-order chi connectivity index (χ0) is 8.55. The summed E-state index contributed by atoms with van der Waals surface area (Å²) in [5, 5.41) is 0. The number of halogens is 1. The predicted octanol–water partition coefficient (Wildman–Crippen LogP) is 2.35. The number of benzene rings is 1. The minimum Gasteiger partial charge on any atom is -0.327 e. The standard InChI is InChI=1S/C10H10BrN/c11-10-2-1-8-3-7(6-12)4-9(8)5-10/h1-2,4-5H,3,6,12H2. The highest BCUT2D eigenvalue weighted by atomic mass is 79.9. The molecule has 0 unspecified atom stereocenters. The van der Waals surface area contributed by atoms with Gasteiger partial charge in [-0.2, -0.15) is 0 Å². The Morgan fingerprint density at radius 3 is 3.00 bits per heavy atom. The second-order valence-electron chi connectivity index (χ2n) is 3.03. The van der Waals surface area contributed by atoms with E-state index < -0.39 is 0 Å². The van der Waals surface area contributed by atoms with Gasteiger partial charge in [-0.1, -0.05) is 33.6 Å². The Hall–Kier alpha value is -0.600. The van der Waals surface area contributed by atoms with Crippen molar-refractivity contribution in [2.45, 2.75) is 6.42 Å². The van der Waals surface area contributed by atoms with E-state index in [4.69, 9.17) is 5.73 Å². The molecule has 1 nitrogen and oxygen atoms in total. The van der Waals surface area contributed by atoms with Gasteiger partial charge in [0, 0.05) is 11.0 Å². The van der Waals surface area contributed by atoms with Crippen LogP contribution in [0.25, 0.3) is 6.08 Å². The average molecular weight is 224 g/mol. The van der Waals surface area contributed by atoms with E-state index in [9.17, 15) is 0 Å². The second kappa shape index (κ2) is 3.04. The van der Waals surface area contributed by atoms with E-state index >= 15 is 0 Å². The van der Waals surface area contributed by atoms with E-state index in [2.05, 4.69) is 40.2 Å². The molecule has 1 aromatic rings. The lowest BCUT2D eigenvalue weighted by molar-refractivity contribution is 1.07. The second-order valence-corrected chi connectivity index (χ2v) is 3.94. The van der Waals surface area contributed by atoms with Gasteiger partial charge in [-0.15, -0.1) is 0 Å². The monoisotopic (exact) mass is 223 g/mol. The third-order valence-electron chi connectivity index (χ3n) is 2.15. The molecule has 0 heterocycles. The summed E-state index contributed by atoms with van der Waals surface area (Å²) in [4.78, 5) is 0. The quantitative estimate of drug-likeness (QED) is 0.778. The van der Waals surface area contributed by atoms with Gasteiger partial charge in [-0.25, -0.2) is 0 Å². The number of nitrogens with two attached hydrogens (primary N) is 1. The van der Waals surface area contributed by atoms with E-state index in [0.29, 0.717) is 6.54 Å². The fourth-order valence-electron chi connectivity index (χ4n) is 1.51. The van der Waals surface area contributed by atoms with E-state index in [-0.39, 0.29) is 0 Å². The molecule has 1 aliphatic carbocycles. The Bertz CT molecular complexity index is 342. The van der Waals surface area contributed by atoms with Crippen molar-refractivity contribution in [1.82, 2.24) is 0 Å². The molecular formula is C10H10BrN. The molecule has 0 atom stereocenters. The zero-order valence-corrected chi connectivity index (χ0v) is 8.26. The number of hydrogen-bond acceptors (Lipinski definition) is 1. The first-order chi connectivity index (χ1) is 5.79. The van der Waals surface area contributed by atoms with Crippen LogP contribution >= 0.6 is 15.9 Å². The van der Waals surface area contributed by atoms with Gasteiger partial charge >= 0.3 is 0 Å². The van der Waals surface area contributed by atoms with Crippen LogP contribution in [0.3, 0.4) is 0 Å². The van der Waals surface area contributed by atoms with Gasteiger partial charge in [0.15, 0.2) is 0 Å². The molecule has 2 heteroatoms. The molecule has 0 aromatic heterocycles. The molecule has 0 saturated heterocycles. The molecule has 0 aliphatic heterocycles. The number of hydrogen-bond donors (Lipinski definition) is 1. The fraction of sp³-hybridized carbons (Fsp3) is 0.200. The Labute approximate surface area is 80.4 Å². The third kappa shape index (κ3) is 1.32. The van der Waals surface area contributed by atoms with Crippen LogP contribution in [-0.4, -0.2) is 6.54 Å². The topological polar surface area (TPSA) is 26.0 Å². The summed E-state index contributed by atoms with van der Waals surface area (Å²) in [7, 11) is 0. The maximum absolute atomic E-state index is 5.57. The van der Waals surface area contributed by atoms with Crippen molar-refractivity contribution >= 4 is 22.0 Å². The van der Waals surface area contributed by atoms with Crippen LogP contribution in [0, 0.1) is 0 Å². The maximum Gasteiger partial charge on any atom is 0.0181 e. The summed E-state index contributed by atoms with van der Waals surface area (Å²) in [5.41, 5.74) is 9.59. The van der Waals surface area contributed by atoms with Gasteiger partial charge in [0.25, 0.3) is 0 Å². The summed E-state index contributed by atoms with van der Waals surface area (Å²) in [6.07, 6.45) is 3.21. The van der Waals surface area contributed by atoms with Crippen molar-refractivity contribution in [3.05, 3.63) is 39.4 Å². The van der Waals surface area contributed by atoms with Gasteiger partial charge in [0.2, 0.25) is 0 Å². The highest BCUT2D eigenvalue weighted by molar-refractivity contribution is 9.10. The van der Waals surface area contributed by atoms with Crippen LogP contribution in [0.4, 0.5) is 0 Å². The predicted molar refractivity (Wildman–Crippen MR) is 54.9 cm³/mol. The summed E-state index contributed by atoms with van der Waals surface area (Å²) >= 11 is 3.45. The highest BCUT2D eigenvalue weighted by Crippen LogP contribution is 2.26. The normalized spacial score (nSPS) is 14.3. The molecular weight excluding hydrogens is 214 g/mol. The largest absolute Gasteiger partial charge is 0.327 e. The van der Waals surface area contributed by atoms with Gasteiger partial charge in [0.1, 0.15) is 0 Å². The molecule has 12 heavy (non-hydrogen) atoms. The molecule has 0 radical (unpaired) electrons. The summed E-state index contributed by atoms with van der Waals surface area (Å²) < 4.78 is 1.13. The van der Waals surface area contributed by atoms with Crippen molar-refractivity contribution in [3.63, 3.8) is 0 Å². The summed E-state index contributed by atoms with van der Waals surface area (Å²) in [6.45, 7) is 0.673. The molecule has 2 N–H and O–H groups in total. The average Bonchev–Trinajstić information content (AvgIpc) is 2.46. The van der Waals surface area contributed by atoms with E-state index in [1.807, 2.05) is 0 Å². The SMILES string of the molecule is NCC1=Cc2cc(Br)ccc2C1. The smallest absolute Gasteiger partial charge is 0.0181 e. The van der Waals surface area contributed by atoms with E-state index in [1.165, 1.54) is 16.7 Å². The molecule has 0 spiro atoms. The van der Waals surface area contributed by atoms with Gasteiger partial charge in [-0.05, 0) is 29.7 Å². The van der Waals surface area contributed by atoms with Crippen LogP contribution in [0.5, 0.6) is 0 Å². The van der Waals surface area contributed by atoms with Crippen LogP contribution in [-0.2, 0) is 6.42 Å². The zero-order valence-electron chi connectivity index (χ0n) is 6.68. The van der Waals surface area contributed by atoms with Crippen molar-refractivity contribution in [2.75, 3.05) is 6.54 Å². The minimum absolute atomic E-state index is 0.673. The lowest BCUT2D eigenvalue weighted by Crippen LogP contribution is -2.01. The van der Waals surface area contributed by atoms with Gasteiger partial charge < -0.3 is 5.73 Å². The third-order valence-corrected chi connectivity index (χ3v) is 2.64. The summed E-state index contributed by atoms with van der Waals surface area (Å²) in [5.74, 6) is 0. The first-order valence-corrected chi connectivity index (χ1v) is 4.77. The van der Waals surface area contributed by atoms with Gasteiger partial charge in [-0.3, -0.25) is 0 Å². The molecule has 2 rings (SSSR count). The molecule has 0 bridgehead atoms. The Morgan fingerprint density at radius 1 is 1.42 bits per heavy atom. The number of rotatable bonds is 1. The van der Waals surface area contributed by atoms with Crippen LogP contribution in [0.15, 0.2) is 28.2 Å². The number of fused-ring (bicyclic) bond motifs is 1. The first kappa shape index (κ1) is 8.02. The first-order valence-electron chi connectivity index (χ1n) is 3.97. The highest BCUT2D eigenvalue weighted by Gasteiger charge is 2.10. The van der Waals surface area contributed by atoms with E-state index in [1.54, 1.807) is 0 Å². The van der Waals surface area contributed by atoms with Crippen LogP contribution < -0.4 is 5.73 Å². The molecule has 62 valence electrons. The van der Waals surface area contributed by atoms with Crippen LogP contribution in [0.1, 0.15) is 11.1 Å². The molecule has 1 aliphatic rings. The van der Waals surface area contributed by atoms with Crippen molar-refractivity contribution in [3.8, 4) is 0 Å². The van der Waals surface area contributed by atoms with Crippen molar-refractivity contribution in [1.29, 1.82) is 0 Å². The fourth-order valence-corrected chi connectivity index (χ4v) is 1.89. The lowest BCUT2D eigenvalue weighted by atomic mass is 10.1. The van der Waals surface area contributed by atoms with Crippen molar-refractivity contribution < 1.29 is 0 Å². The van der Waals surface area contributed by atoms with E-state index in [0.717, 1.165) is 10.9 Å². The molecule has 0 saturated carbocycles. The van der Waals surface area contributed by atoms with Crippen LogP contribution in [0.2, 0.25) is 0 Å². The molecule has 0 amide bonds. The summed E-state index contributed by atoms with van der Waals surface area (Å²) in [6, 6.07) is 6.36. The molecule has 0 fully saturated rings. The Kier molecular flexibility index (Phi) is 2.03. The Morgan fingerprint density at radius 2 is 2.25 bits per heavy atom. The van der Waals surface area contributed by atoms with Crippen molar-refractivity contribution in [2.24, 2.45) is 5.73 Å². The molecule has 1 aromatic carbocycles. The Balaban J connectivity index is 2.42. The maximum atomic E-state index is 5.57. The van der Waals surface area contributed by atoms with Gasteiger partial charge in [0.05, 0.1) is 0 Å².